The first kappa shape index (κ1) is 19.7. The third-order valence-electron chi connectivity index (χ3n) is 4.76. The monoisotopic (exact) mass is 413 g/mol. The van der Waals surface area contributed by atoms with Gasteiger partial charge in [0.2, 0.25) is 0 Å². The summed E-state index contributed by atoms with van der Waals surface area (Å²) < 4.78 is 25.0. The number of fused-ring (bicyclic) bond motifs is 2. The molecule has 11 heteroatoms. The Hall–Kier alpha value is -1.59. The largest absolute Gasteiger partial charge is 0.463 e. The summed E-state index contributed by atoms with van der Waals surface area (Å²) in [5.74, 6) is -0.771. The SMILES string of the molecule is CCCOc1nc(Cl)c2nnn([C@@H]3C[C@H](OC(C)O)[C@H]4OC(C)(C)O[C@H]43)c2n1. The van der Waals surface area contributed by atoms with Crippen molar-refractivity contribution in [3.63, 3.8) is 0 Å². The lowest BCUT2D eigenvalue weighted by Gasteiger charge is -2.24. The fourth-order valence-corrected chi connectivity index (χ4v) is 3.99. The molecule has 2 aromatic rings. The molecular weight excluding hydrogens is 390 g/mol. The molecule has 1 saturated carbocycles. The van der Waals surface area contributed by atoms with Crippen LogP contribution in [0.1, 0.15) is 46.6 Å². The number of halogens is 1. The number of aliphatic hydroxyl groups is 1. The van der Waals surface area contributed by atoms with E-state index in [0.29, 0.717) is 24.2 Å². The Morgan fingerprint density at radius 2 is 2.07 bits per heavy atom. The number of ether oxygens (including phenoxy) is 4. The first-order valence-electron chi connectivity index (χ1n) is 9.39. The summed E-state index contributed by atoms with van der Waals surface area (Å²) in [6.45, 7) is 7.73. The molecule has 1 saturated heterocycles. The van der Waals surface area contributed by atoms with Crippen LogP contribution < -0.4 is 4.74 Å². The smallest absolute Gasteiger partial charge is 0.320 e. The van der Waals surface area contributed by atoms with E-state index in [9.17, 15) is 5.11 Å². The van der Waals surface area contributed by atoms with E-state index in [-0.39, 0.29) is 35.5 Å². The number of nitrogens with zero attached hydrogens (tertiary/aromatic N) is 5. The van der Waals surface area contributed by atoms with Gasteiger partial charge in [-0.3, -0.25) is 0 Å². The van der Waals surface area contributed by atoms with Crippen molar-refractivity contribution in [3.8, 4) is 6.01 Å². The first-order chi connectivity index (χ1) is 13.3. The van der Waals surface area contributed by atoms with E-state index in [1.807, 2.05) is 20.8 Å². The molecule has 0 bridgehead atoms. The molecule has 2 fully saturated rings. The summed E-state index contributed by atoms with van der Waals surface area (Å²) in [6, 6.07) is -0.0799. The van der Waals surface area contributed by atoms with Crippen molar-refractivity contribution in [1.29, 1.82) is 0 Å². The predicted molar refractivity (Wildman–Crippen MR) is 97.9 cm³/mol. The van der Waals surface area contributed by atoms with Crippen LogP contribution >= 0.6 is 11.6 Å². The molecule has 0 amide bonds. The van der Waals surface area contributed by atoms with Crippen molar-refractivity contribution in [2.75, 3.05) is 6.61 Å². The van der Waals surface area contributed by atoms with Gasteiger partial charge in [0.25, 0.3) is 0 Å². The van der Waals surface area contributed by atoms with Crippen molar-refractivity contribution < 1.29 is 24.1 Å². The summed E-state index contributed by atoms with van der Waals surface area (Å²) in [5.41, 5.74) is 0.848. The maximum atomic E-state index is 9.70. The number of hydrogen-bond acceptors (Lipinski definition) is 9. The average molecular weight is 414 g/mol. The minimum Gasteiger partial charge on any atom is -0.463 e. The molecule has 1 N–H and O–H groups in total. The zero-order chi connectivity index (χ0) is 20.1. The minimum atomic E-state index is -0.921. The highest BCUT2D eigenvalue weighted by molar-refractivity contribution is 6.33. The van der Waals surface area contributed by atoms with Gasteiger partial charge in [-0.05, 0) is 27.2 Å². The Kier molecular flexibility index (Phi) is 5.17. The second-order valence-corrected chi connectivity index (χ2v) is 7.85. The fourth-order valence-electron chi connectivity index (χ4n) is 3.79. The van der Waals surface area contributed by atoms with Crippen molar-refractivity contribution in [3.05, 3.63) is 5.15 Å². The normalized spacial score (nSPS) is 29.9. The molecule has 4 rings (SSSR count). The van der Waals surface area contributed by atoms with Gasteiger partial charge in [-0.25, -0.2) is 4.68 Å². The number of hydrogen-bond donors (Lipinski definition) is 1. The molecule has 28 heavy (non-hydrogen) atoms. The molecule has 10 nitrogen and oxygen atoms in total. The lowest BCUT2D eigenvalue weighted by molar-refractivity contribution is -0.193. The van der Waals surface area contributed by atoms with E-state index in [2.05, 4.69) is 20.3 Å². The summed E-state index contributed by atoms with van der Waals surface area (Å²) in [6.07, 6.45) is -0.623. The van der Waals surface area contributed by atoms with Gasteiger partial charge in [-0.15, -0.1) is 5.10 Å². The second-order valence-electron chi connectivity index (χ2n) is 7.49. The van der Waals surface area contributed by atoms with Crippen LogP contribution in [0.4, 0.5) is 0 Å². The highest BCUT2D eigenvalue weighted by atomic mass is 35.5. The Labute approximate surface area is 167 Å². The molecule has 0 aromatic carbocycles. The van der Waals surface area contributed by atoms with Gasteiger partial charge in [0.15, 0.2) is 28.4 Å². The number of rotatable bonds is 6. The highest BCUT2D eigenvalue weighted by Gasteiger charge is 2.56. The highest BCUT2D eigenvalue weighted by Crippen LogP contribution is 2.45. The second kappa shape index (κ2) is 7.34. The molecule has 0 radical (unpaired) electrons. The molecule has 5 atom stereocenters. The van der Waals surface area contributed by atoms with E-state index < -0.39 is 12.1 Å². The van der Waals surface area contributed by atoms with Gasteiger partial charge in [-0.1, -0.05) is 23.7 Å². The molecule has 0 spiro atoms. The maximum absolute atomic E-state index is 9.70. The third kappa shape index (κ3) is 3.55. The Morgan fingerprint density at radius 3 is 2.79 bits per heavy atom. The van der Waals surface area contributed by atoms with Gasteiger partial charge in [0, 0.05) is 6.42 Å². The lowest BCUT2D eigenvalue weighted by Crippen LogP contribution is -2.33. The van der Waals surface area contributed by atoms with Crippen LogP contribution in [0.5, 0.6) is 6.01 Å². The van der Waals surface area contributed by atoms with Crippen LogP contribution in [0.25, 0.3) is 11.2 Å². The average Bonchev–Trinajstić information content (AvgIpc) is 3.25. The Bertz CT molecular complexity index is 860. The molecule has 1 unspecified atom stereocenters. The topological polar surface area (TPSA) is 114 Å². The zero-order valence-corrected chi connectivity index (χ0v) is 17.0. The quantitative estimate of drug-likeness (QED) is 0.559. The van der Waals surface area contributed by atoms with E-state index >= 15 is 0 Å². The van der Waals surface area contributed by atoms with Crippen LogP contribution in [0.15, 0.2) is 0 Å². The minimum absolute atomic E-state index is 0.178. The van der Waals surface area contributed by atoms with E-state index in [1.165, 1.54) is 0 Å². The standard InChI is InChI=1S/C17H24ClN5O5/c1-5-6-25-16-19-14(18)11-15(20-16)23(22-21-11)9-7-10(26-8(2)24)13-12(9)27-17(3,4)28-13/h8-10,12-13,24H,5-7H2,1-4H3/t8?,9-,10+,12+,13-/m1/s1. The van der Waals surface area contributed by atoms with Gasteiger partial charge in [0.05, 0.1) is 18.8 Å². The van der Waals surface area contributed by atoms with Crippen molar-refractivity contribution in [2.45, 2.75) is 77.0 Å². The molecular formula is C17H24ClN5O5. The van der Waals surface area contributed by atoms with Crippen LogP contribution in [-0.4, -0.2) is 67.1 Å². The van der Waals surface area contributed by atoms with E-state index in [0.717, 1.165) is 6.42 Å². The molecule has 2 aromatic heterocycles. The molecule has 154 valence electrons. The van der Waals surface area contributed by atoms with Crippen LogP contribution in [0, 0.1) is 0 Å². The third-order valence-corrected chi connectivity index (χ3v) is 5.03. The summed E-state index contributed by atoms with van der Waals surface area (Å²) in [7, 11) is 0. The summed E-state index contributed by atoms with van der Waals surface area (Å²) in [4.78, 5) is 8.57. The zero-order valence-electron chi connectivity index (χ0n) is 16.2. The number of aromatic nitrogens is 5. The van der Waals surface area contributed by atoms with Crippen LogP contribution in [0.3, 0.4) is 0 Å². The van der Waals surface area contributed by atoms with Gasteiger partial charge < -0.3 is 24.1 Å². The molecule has 1 aliphatic carbocycles. The lowest BCUT2D eigenvalue weighted by atomic mass is 10.2. The molecule has 2 aliphatic rings. The van der Waals surface area contributed by atoms with Gasteiger partial charge in [0.1, 0.15) is 12.2 Å². The van der Waals surface area contributed by atoms with Crippen molar-refractivity contribution >= 4 is 22.8 Å². The Balaban J connectivity index is 1.71. The van der Waals surface area contributed by atoms with Crippen molar-refractivity contribution in [1.82, 2.24) is 25.0 Å². The van der Waals surface area contributed by atoms with Crippen molar-refractivity contribution in [2.24, 2.45) is 0 Å². The first-order valence-corrected chi connectivity index (χ1v) is 9.77. The summed E-state index contributed by atoms with van der Waals surface area (Å²) in [5, 5.41) is 18.3. The fraction of sp³-hybridized carbons (Fsp3) is 0.765. The van der Waals surface area contributed by atoms with Gasteiger partial charge in [-0.2, -0.15) is 9.97 Å². The molecule has 3 heterocycles. The van der Waals surface area contributed by atoms with E-state index in [4.69, 9.17) is 30.5 Å². The van der Waals surface area contributed by atoms with Crippen LogP contribution in [-0.2, 0) is 14.2 Å². The summed E-state index contributed by atoms with van der Waals surface area (Å²) >= 11 is 6.25. The predicted octanol–water partition coefficient (Wildman–Crippen LogP) is 1.85. The van der Waals surface area contributed by atoms with Crippen LogP contribution in [0.2, 0.25) is 5.15 Å². The molecule has 1 aliphatic heterocycles. The Morgan fingerprint density at radius 1 is 1.32 bits per heavy atom. The maximum Gasteiger partial charge on any atom is 0.320 e. The number of aliphatic hydroxyl groups excluding tert-OH is 1. The van der Waals surface area contributed by atoms with Gasteiger partial charge >= 0.3 is 6.01 Å². The van der Waals surface area contributed by atoms with E-state index in [1.54, 1.807) is 11.6 Å².